The molecule has 0 bridgehead atoms. The third-order valence-corrected chi connectivity index (χ3v) is 3.63. The van der Waals surface area contributed by atoms with E-state index in [1.165, 1.54) is 0 Å². The lowest BCUT2D eigenvalue weighted by molar-refractivity contribution is -0.143. The highest BCUT2D eigenvalue weighted by atomic mass is 16.4. The van der Waals surface area contributed by atoms with Crippen LogP contribution in [0.5, 0.6) is 0 Å². The van der Waals surface area contributed by atoms with Gasteiger partial charge in [0.1, 0.15) is 12.1 Å². The van der Waals surface area contributed by atoms with Gasteiger partial charge in [0.15, 0.2) is 5.96 Å². The second-order valence-electron chi connectivity index (χ2n) is 6.74. The van der Waals surface area contributed by atoms with E-state index in [0.29, 0.717) is 6.42 Å². The number of carboxylic acid groups (broad SMARTS) is 2. The van der Waals surface area contributed by atoms with Gasteiger partial charge in [0, 0.05) is 6.54 Å². The minimum atomic E-state index is -1.35. The number of nitrogens with one attached hydrogen (secondary N) is 2. The Labute approximate surface area is 162 Å². The number of nitrogens with two attached hydrogens (primary N) is 3. The first-order chi connectivity index (χ1) is 12.9. The van der Waals surface area contributed by atoms with Crippen LogP contribution >= 0.6 is 0 Å². The lowest BCUT2D eigenvalue weighted by atomic mass is 10.0. The Balaban J connectivity index is 5.14. The number of amides is 2. The Bertz CT molecular complexity index is 590. The van der Waals surface area contributed by atoms with Crippen LogP contribution in [-0.2, 0) is 19.2 Å². The number of carboxylic acids is 2. The van der Waals surface area contributed by atoms with E-state index in [0.717, 1.165) is 0 Å². The van der Waals surface area contributed by atoms with Crippen LogP contribution in [0.15, 0.2) is 4.99 Å². The molecule has 0 saturated carbocycles. The molecule has 3 unspecified atom stereocenters. The van der Waals surface area contributed by atoms with Gasteiger partial charge in [0.25, 0.3) is 0 Å². The summed E-state index contributed by atoms with van der Waals surface area (Å²) in [4.78, 5) is 50.4. The third-order valence-electron chi connectivity index (χ3n) is 3.63. The number of aliphatic carboxylic acids is 2. The van der Waals surface area contributed by atoms with Crippen molar-refractivity contribution in [3.63, 3.8) is 0 Å². The molecule has 12 heteroatoms. The number of nitrogens with zero attached hydrogens (tertiary/aromatic N) is 1. The van der Waals surface area contributed by atoms with Crippen molar-refractivity contribution >= 4 is 29.7 Å². The van der Waals surface area contributed by atoms with Crippen molar-refractivity contribution in [1.29, 1.82) is 0 Å². The van der Waals surface area contributed by atoms with Crippen molar-refractivity contribution in [2.75, 3.05) is 6.54 Å². The fourth-order valence-corrected chi connectivity index (χ4v) is 2.30. The number of rotatable bonds is 13. The van der Waals surface area contributed by atoms with Gasteiger partial charge in [-0.05, 0) is 25.2 Å². The monoisotopic (exact) mass is 402 g/mol. The Morgan fingerprint density at radius 2 is 1.57 bits per heavy atom. The molecule has 0 aromatic carbocycles. The minimum Gasteiger partial charge on any atom is -0.481 e. The normalized spacial score (nSPS) is 13.9. The first-order valence-corrected chi connectivity index (χ1v) is 8.80. The van der Waals surface area contributed by atoms with Crippen molar-refractivity contribution in [3.05, 3.63) is 0 Å². The zero-order valence-corrected chi connectivity index (χ0v) is 16.1. The maximum atomic E-state index is 12.5. The summed E-state index contributed by atoms with van der Waals surface area (Å²) in [7, 11) is 0. The first kappa shape index (κ1) is 25.1. The van der Waals surface area contributed by atoms with Crippen LogP contribution in [-0.4, -0.2) is 64.6 Å². The molecule has 0 aliphatic heterocycles. The molecule has 2 amide bonds. The fraction of sp³-hybridized carbons (Fsp3) is 0.688. The SMILES string of the molecule is CC(C)CC(NC(=O)C(CCCN=C(N)N)NC(=O)C(N)CC(=O)O)C(=O)O. The van der Waals surface area contributed by atoms with E-state index in [4.69, 9.17) is 22.3 Å². The van der Waals surface area contributed by atoms with Gasteiger partial charge in [0.05, 0.1) is 12.5 Å². The molecule has 0 spiro atoms. The molecule has 0 heterocycles. The number of carbonyl (C=O) groups is 4. The molecule has 10 N–H and O–H groups in total. The van der Waals surface area contributed by atoms with E-state index >= 15 is 0 Å². The second-order valence-corrected chi connectivity index (χ2v) is 6.74. The summed E-state index contributed by atoms with van der Waals surface area (Å²) < 4.78 is 0. The van der Waals surface area contributed by atoms with Crippen molar-refractivity contribution in [2.24, 2.45) is 28.1 Å². The lowest BCUT2D eigenvalue weighted by Crippen LogP contribution is -2.54. The van der Waals surface area contributed by atoms with Crippen LogP contribution < -0.4 is 27.8 Å². The number of hydrogen-bond acceptors (Lipinski definition) is 6. The molecule has 160 valence electrons. The summed E-state index contributed by atoms with van der Waals surface area (Å²) in [6.07, 6.45) is 0.00204. The number of hydrogen-bond donors (Lipinski definition) is 7. The van der Waals surface area contributed by atoms with Crippen molar-refractivity contribution in [2.45, 2.75) is 57.7 Å². The average molecular weight is 402 g/mol. The number of guanidine groups is 1. The van der Waals surface area contributed by atoms with E-state index in [1.807, 2.05) is 13.8 Å². The Kier molecular flexibility index (Phi) is 11.2. The predicted octanol–water partition coefficient (Wildman–Crippen LogP) is -2.06. The van der Waals surface area contributed by atoms with Crippen LogP contribution in [0.2, 0.25) is 0 Å². The zero-order chi connectivity index (χ0) is 21.9. The third kappa shape index (κ3) is 11.0. The molecule has 28 heavy (non-hydrogen) atoms. The van der Waals surface area contributed by atoms with Gasteiger partial charge in [-0.25, -0.2) is 4.79 Å². The molecule has 0 fully saturated rings. The van der Waals surface area contributed by atoms with E-state index in [1.54, 1.807) is 0 Å². The van der Waals surface area contributed by atoms with E-state index in [2.05, 4.69) is 15.6 Å². The van der Waals surface area contributed by atoms with E-state index in [9.17, 15) is 24.3 Å². The molecular weight excluding hydrogens is 372 g/mol. The molecular formula is C16H30N6O6. The van der Waals surface area contributed by atoms with Gasteiger partial charge < -0.3 is 38.0 Å². The van der Waals surface area contributed by atoms with Crippen LogP contribution in [0.1, 0.15) is 39.5 Å². The Hall–Kier alpha value is -2.89. The van der Waals surface area contributed by atoms with Crippen molar-refractivity contribution in [1.82, 2.24) is 10.6 Å². The molecule has 0 aliphatic rings. The average Bonchev–Trinajstić information content (AvgIpc) is 2.55. The summed E-state index contributed by atoms with van der Waals surface area (Å²) in [5.74, 6) is -4.13. The predicted molar refractivity (Wildman–Crippen MR) is 101 cm³/mol. The van der Waals surface area contributed by atoms with Gasteiger partial charge in [-0.2, -0.15) is 0 Å². The Morgan fingerprint density at radius 1 is 1.00 bits per heavy atom. The summed E-state index contributed by atoms with van der Waals surface area (Å²) in [5, 5.41) is 22.7. The molecule has 0 aromatic rings. The summed E-state index contributed by atoms with van der Waals surface area (Å²) in [5.41, 5.74) is 15.9. The molecule has 0 saturated heterocycles. The Morgan fingerprint density at radius 3 is 2.04 bits per heavy atom. The van der Waals surface area contributed by atoms with Crippen molar-refractivity contribution < 1.29 is 29.4 Å². The smallest absolute Gasteiger partial charge is 0.326 e. The molecule has 0 rings (SSSR count). The molecule has 3 atom stereocenters. The fourth-order valence-electron chi connectivity index (χ4n) is 2.30. The van der Waals surface area contributed by atoms with Gasteiger partial charge >= 0.3 is 11.9 Å². The molecule has 0 aromatic heterocycles. The number of aliphatic imine (C=N–C) groups is 1. The highest BCUT2D eigenvalue weighted by Gasteiger charge is 2.28. The summed E-state index contributed by atoms with van der Waals surface area (Å²) >= 11 is 0. The van der Waals surface area contributed by atoms with Crippen LogP contribution in [0.3, 0.4) is 0 Å². The first-order valence-electron chi connectivity index (χ1n) is 8.80. The maximum Gasteiger partial charge on any atom is 0.326 e. The second kappa shape index (κ2) is 12.5. The summed E-state index contributed by atoms with van der Waals surface area (Å²) in [6, 6.07) is -3.59. The highest BCUT2D eigenvalue weighted by Crippen LogP contribution is 2.07. The van der Waals surface area contributed by atoms with E-state index < -0.39 is 48.3 Å². The summed E-state index contributed by atoms with van der Waals surface area (Å²) in [6.45, 7) is 3.81. The van der Waals surface area contributed by atoms with Gasteiger partial charge in [0.2, 0.25) is 11.8 Å². The zero-order valence-electron chi connectivity index (χ0n) is 16.1. The molecule has 12 nitrogen and oxygen atoms in total. The molecule has 0 radical (unpaired) electrons. The van der Waals surface area contributed by atoms with Gasteiger partial charge in [-0.1, -0.05) is 13.8 Å². The van der Waals surface area contributed by atoms with Crippen LogP contribution in [0.25, 0.3) is 0 Å². The van der Waals surface area contributed by atoms with Gasteiger partial charge in [-0.3, -0.25) is 19.4 Å². The minimum absolute atomic E-state index is 0.0142. The quantitative estimate of drug-likeness (QED) is 0.102. The van der Waals surface area contributed by atoms with Crippen LogP contribution in [0.4, 0.5) is 0 Å². The lowest BCUT2D eigenvalue weighted by Gasteiger charge is -2.23. The standard InChI is InChI=1S/C16H30N6O6/c1-8(2)6-11(15(27)28)22-14(26)10(4-3-5-20-16(18)19)21-13(25)9(17)7-12(23)24/h8-11H,3-7,17H2,1-2H3,(H,21,25)(H,22,26)(H,23,24)(H,27,28)(H4,18,19,20). The molecule has 0 aliphatic carbocycles. The highest BCUT2D eigenvalue weighted by molar-refractivity contribution is 5.92. The topological polar surface area (TPSA) is 223 Å². The largest absolute Gasteiger partial charge is 0.481 e. The van der Waals surface area contributed by atoms with Crippen LogP contribution in [0, 0.1) is 5.92 Å². The van der Waals surface area contributed by atoms with Gasteiger partial charge in [-0.15, -0.1) is 0 Å². The van der Waals surface area contributed by atoms with E-state index in [-0.39, 0.29) is 31.3 Å². The number of carbonyl (C=O) groups excluding carboxylic acids is 2. The maximum absolute atomic E-state index is 12.5. The van der Waals surface area contributed by atoms with Crippen molar-refractivity contribution in [3.8, 4) is 0 Å².